The third-order valence-electron chi connectivity index (χ3n) is 2.38. The van der Waals surface area contributed by atoms with E-state index in [4.69, 9.17) is 0 Å². The number of pyridine rings is 1. The largest absolute Gasteiger partial charge is 0.384 e. The van der Waals surface area contributed by atoms with Crippen LogP contribution in [0.15, 0.2) is 47.2 Å². The van der Waals surface area contributed by atoms with Crippen LogP contribution in [0.2, 0.25) is 0 Å². The van der Waals surface area contributed by atoms with Crippen LogP contribution in [-0.2, 0) is 6.42 Å². The van der Waals surface area contributed by atoms with Crippen molar-refractivity contribution in [1.82, 2.24) is 4.98 Å². The van der Waals surface area contributed by atoms with Crippen LogP contribution in [-0.4, -0.2) is 11.5 Å². The number of halogens is 2. The van der Waals surface area contributed by atoms with Crippen LogP contribution in [0.1, 0.15) is 5.56 Å². The first-order chi connectivity index (χ1) is 8.25. The smallest absolute Gasteiger partial charge is 0.0495 e. The van der Waals surface area contributed by atoms with Crippen molar-refractivity contribution < 1.29 is 0 Å². The number of aromatic nitrogens is 1. The van der Waals surface area contributed by atoms with Gasteiger partial charge in [-0.15, -0.1) is 0 Å². The fourth-order valence-electron chi connectivity index (χ4n) is 1.52. The maximum atomic E-state index is 4.10. The summed E-state index contributed by atoms with van der Waals surface area (Å²) >= 11 is 5.85. The van der Waals surface area contributed by atoms with Crippen LogP contribution in [0.4, 0.5) is 5.69 Å². The van der Waals surface area contributed by atoms with E-state index in [0.29, 0.717) is 0 Å². The molecule has 88 valence electrons. The number of nitrogens with one attached hydrogen (secondary N) is 1. The van der Waals surface area contributed by atoms with Gasteiger partial charge in [-0.2, -0.15) is 0 Å². The molecule has 0 amide bonds. The topological polar surface area (TPSA) is 24.9 Å². The Morgan fingerprint density at radius 3 is 2.94 bits per heavy atom. The first kappa shape index (κ1) is 12.8. The summed E-state index contributed by atoms with van der Waals surface area (Å²) in [6, 6.07) is 10.3. The number of benzene rings is 1. The van der Waals surface area contributed by atoms with E-state index in [9.17, 15) is 0 Å². The van der Waals surface area contributed by atoms with E-state index >= 15 is 0 Å². The van der Waals surface area contributed by atoms with Gasteiger partial charge in [0.15, 0.2) is 0 Å². The van der Waals surface area contributed by atoms with Gasteiger partial charge in [0.25, 0.3) is 0 Å². The molecule has 0 bridgehead atoms. The molecule has 0 saturated carbocycles. The van der Waals surface area contributed by atoms with Crippen molar-refractivity contribution in [3.8, 4) is 0 Å². The summed E-state index contributed by atoms with van der Waals surface area (Å²) in [6.45, 7) is 0.907. The summed E-state index contributed by atoms with van der Waals surface area (Å²) in [5.41, 5.74) is 2.39. The number of rotatable bonds is 4. The van der Waals surface area contributed by atoms with E-state index in [1.54, 1.807) is 6.20 Å². The minimum atomic E-state index is 0.907. The molecule has 0 saturated heterocycles. The van der Waals surface area contributed by atoms with Gasteiger partial charge >= 0.3 is 0 Å². The summed E-state index contributed by atoms with van der Waals surface area (Å²) in [5, 5.41) is 3.42. The Labute approximate surface area is 123 Å². The quantitative estimate of drug-likeness (QED) is 0.778. The third kappa shape index (κ3) is 3.96. The van der Waals surface area contributed by atoms with E-state index in [2.05, 4.69) is 73.1 Å². The molecule has 0 aliphatic heterocycles. The number of nitrogens with zero attached hydrogens (tertiary/aromatic N) is 1. The van der Waals surface area contributed by atoms with E-state index in [-0.39, 0.29) is 0 Å². The summed E-state index contributed by atoms with van der Waals surface area (Å²) in [4.78, 5) is 4.10. The van der Waals surface area contributed by atoms with Crippen molar-refractivity contribution >= 4 is 44.2 Å². The summed E-state index contributed by atoms with van der Waals surface area (Å²) in [5.74, 6) is 0. The Bertz CT molecular complexity index is 488. The highest BCUT2D eigenvalue weighted by Crippen LogP contribution is 2.24. The highest BCUT2D eigenvalue weighted by Gasteiger charge is 2.00. The molecule has 1 N–H and O–H groups in total. The number of hydrogen-bond acceptors (Lipinski definition) is 2. The number of anilines is 1. The molecule has 4 heteroatoms. The Morgan fingerprint density at radius 2 is 2.18 bits per heavy atom. The average Bonchev–Trinajstić information content (AvgIpc) is 2.35. The second-order valence-electron chi connectivity index (χ2n) is 3.66. The molecule has 0 atom stereocenters. The van der Waals surface area contributed by atoms with Gasteiger partial charge in [-0.05, 0) is 74.8 Å². The maximum absolute atomic E-state index is 4.10. The van der Waals surface area contributed by atoms with Crippen molar-refractivity contribution in [2.24, 2.45) is 0 Å². The molecule has 0 spiro atoms. The highest BCUT2D eigenvalue weighted by atomic mass is 127. The van der Waals surface area contributed by atoms with Crippen molar-refractivity contribution in [3.63, 3.8) is 0 Å². The normalized spacial score (nSPS) is 10.2. The Balaban J connectivity index is 1.92. The van der Waals surface area contributed by atoms with Gasteiger partial charge in [-0.3, -0.25) is 4.98 Å². The van der Waals surface area contributed by atoms with Crippen LogP contribution in [0.25, 0.3) is 0 Å². The number of hydrogen-bond donors (Lipinski definition) is 1. The molecule has 17 heavy (non-hydrogen) atoms. The fourth-order valence-corrected chi connectivity index (χ4v) is 2.40. The monoisotopic (exact) mass is 402 g/mol. The van der Waals surface area contributed by atoms with Crippen molar-refractivity contribution in [2.45, 2.75) is 6.42 Å². The molecule has 2 rings (SSSR count). The molecule has 2 nitrogen and oxygen atoms in total. The van der Waals surface area contributed by atoms with Crippen molar-refractivity contribution in [2.75, 3.05) is 11.9 Å². The summed E-state index contributed by atoms with van der Waals surface area (Å²) in [7, 11) is 0. The molecule has 0 fully saturated rings. The lowest BCUT2D eigenvalue weighted by Gasteiger charge is -2.08. The SMILES string of the molecule is Brc1ccc(I)cc1NCCc1cccnc1. The van der Waals surface area contributed by atoms with Crippen LogP contribution in [0.5, 0.6) is 0 Å². The first-order valence-corrected chi connectivity index (χ1v) is 7.21. The van der Waals surface area contributed by atoms with Gasteiger partial charge in [-0.25, -0.2) is 0 Å². The van der Waals surface area contributed by atoms with Crippen LogP contribution >= 0.6 is 38.5 Å². The van der Waals surface area contributed by atoms with Crippen molar-refractivity contribution in [3.05, 3.63) is 56.3 Å². The van der Waals surface area contributed by atoms with Gasteiger partial charge in [0.1, 0.15) is 0 Å². The molecule has 0 radical (unpaired) electrons. The van der Waals surface area contributed by atoms with E-state index in [0.717, 1.165) is 23.1 Å². The van der Waals surface area contributed by atoms with E-state index in [1.807, 2.05) is 12.3 Å². The van der Waals surface area contributed by atoms with Gasteiger partial charge < -0.3 is 5.32 Å². The van der Waals surface area contributed by atoms with E-state index in [1.165, 1.54) is 9.13 Å². The molecular weight excluding hydrogens is 391 g/mol. The van der Waals surface area contributed by atoms with Gasteiger partial charge in [0, 0.05) is 32.7 Å². The molecule has 2 aromatic rings. The zero-order valence-corrected chi connectivity index (χ0v) is 12.9. The standard InChI is InChI=1S/C13H12BrIN2/c14-12-4-3-11(15)8-13(12)17-7-5-10-2-1-6-16-9-10/h1-4,6,8-9,17H,5,7H2. The second-order valence-corrected chi connectivity index (χ2v) is 5.76. The zero-order valence-electron chi connectivity index (χ0n) is 9.16. The second kappa shape index (κ2) is 6.35. The Kier molecular flexibility index (Phi) is 4.79. The first-order valence-electron chi connectivity index (χ1n) is 5.33. The highest BCUT2D eigenvalue weighted by molar-refractivity contribution is 14.1. The lowest BCUT2D eigenvalue weighted by atomic mass is 10.2. The van der Waals surface area contributed by atoms with Crippen LogP contribution in [0, 0.1) is 3.57 Å². The van der Waals surface area contributed by atoms with Crippen LogP contribution in [0.3, 0.4) is 0 Å². The van der Waals surface area contributed by atoms with Crippen LogP contribution < -0.4 is 5.32 Å². The van der Waals surface area contributed by atoms with Crippen molar-refractivity contribution in [1.29, 1.82) is 0 Å². The summed E-state index contributed by atoms with van der Waals surface area (Å²) in [6.07, 6.45) is 4.68. The lowest BCUT2D eigenvalue weighted by molar-refractivity contribution is 1.00. The molecule has 0 aliphatic carbocycles. The minimum absolute atomic E-state index is 0.907. The Morgan fingerprint density at radius 1 is 1.29 bits per heavy atom. The average molecular weight is 403 g/mol. The molecule has 1 aromatic carbocycles. The van der Waals surface area contributed by atoms with Gasteiger partial charge in [0.05, 0.1) is 0 Å². The fraction of sp³-hybridized carbons (Fsp3) is 0.154. The summed E-state index contributed by atoms with van der Waals surface area (Å²) < 4.78 is 2.33. The molecule has 1 heterocycles. The molecule has 0 aliphatic rings. The maximum Gasteiger partial charge on any atom is 0.0495 e. The third-order valence-corrected chi connectivity index (χ3v) is 3.74. The predicted octanol–water partition coefficient (Wildman–Crippen LogP) is 4.10. The molecule has 1 aromatic heterocycles. The van der Waals surface area contributed by atoms with Gasteiger partial charge in [0.2, 0.25) is 0 Å². The molecule has 0 unspecified atom stereocenters. The van der Waals surface area contributed by atoms with E-state index < -0.39 is 0 Å². The molecular formula is C13H12BrIN2. The lowest BCUT2D eigenvalue weighted by Crippen LogP contribution is -2.05. The zero-order chi connectivity index (χ0) is 12.1. The predicted molar refractivity (Wildman–Crippen MR) is 83.3 cm³/mol. The minimum Gasteiger partial charge on any atom is -0.384 e. The Hall–Kier alpha value is -0.620. The van der Waals surface area contributed by atoms with Gasteiger partial charge in [-0.1, -0.05) is 6.07 Å².